The Morgan fingerprint density at radius 1 is 1.04 bits per heavy atom. The van der Waals surface area contributed by atoms with E-state index in [0.29, 0.717) is 23.0 Å². The number of aliphatic imine (C=N–C) groups is 1. The van der Waals surface area contributed by atoms with Crippen LogP contribution in [0.2, 0.25) is 0 Å². The average Bonchev–Trinajstić information content (AvgIpc) is 3.21. The fourth-order valence-corrected chi connectivity index (χ4v) is 2.70. The number of ether oxygens (including phenoxy) is 3. The van der Waals surface area contributed by atoms with Gasteiger partial charge in [0.2, 0.25) is 12.7 Å². The lowest BCUT2D eigenvalue weighted by molar-refractivity contribution is -0.129. The summed E-state index contributed by atoms with van der Waals surface area (Å²) < 4.78 is 15.9. The van der Waals surface area contributed by atoms with Gasteiger partial charge in [0.15, 0.2) is 17.2 Å². The molecule has 0 unspecified atom stereocenters. The number of hydrogen-bond donors (Lipinski definition) is 0. The van der Waals surface area contributed by atoms with Crippen molar-refractivity contribution in [1.82, 2.24) is 0 Å². The van der Waals surface area contributed by atoms with Gasteiger partial charge >= 0.3 is 5.97 Å². The summed E-state index contributed by atoms with van der Waals surface area (Å²) >= 11 is 0. The molecule has 0 spiro atoms. The molecule has 0 aliphatic carbocycles. The van der Waals surface area contributed by atoms with E-state index in [1.54, 1.807) is 24.3 Å². The summed E-state index contributed by atoms with van der Waals surface area (Å²) in [4.78, 5) is 16.4. The second-order valence-corrected chi connectivity index (χ2v) is 6.23. The normalized spacial score (nSPS) is 17.2. The first kappa shape index (κ1) is 15.4. The second kappa shape index (κ2) is 6.09. The highest BCUT2D eigenvalue weighted by Crippen LogP contribution is 2.33. The van der Waals surface area contributed by atoms with Gasteiger partial charge < -0.3 is 14.2 Å². The van der Waals surface area contributed by atoms with Crippen LogP contribution in [0.3, 0.4) is 0 Å². The van der Waals surface area contributed by atoms with Gasteiger partial charge in [-0.1, -0.05) is 38.1 Å². The van der Waals surface area contributed by atoms with Gasteiger partial charge in [-0.3, -0.25) is 0 Å². The fraction of sp³-hybridized carbons (Fsp3) is 0.200. The van der Waals surface area contributed by atoms with Crippen molar-refractivity contribution in [2.75, 3.05) is 6.79 Å². The van der Waals surface area contributed by atoms with Crippen LogP contribution >= 0.6 is 0 Å². The monoisotopic (exact) mass is 335 g/mol. The molecule has 25 heavy (non-hydrogen) atoms. The number of nitrogens with zero attached hydrogens (tertiary/aromatic N) is 1. The van der Waals surface area contributed by atoms with E-state index in [1.807, 2.05) is 12.1 Å². The Morgan fingerprint density at radius 2 is 1.80 bits per heavy atom. The molecule has 2 aromatic rings. The SMILES string of the molecule is CC(C)c1ccc(C=C2N=C(c3ccc4c(c3)OCO4)OC2=O)cc1. The summed E-state index contributed by atoms with van der Waals surface area (Å²) in [5.74, 6) is 1.58. The summed E-state index contributed by atoms with van der Waals surface area (Å²) in [6, 6.07) is 13.4. The Balaban J connectivity index is 1.61. The zero-order valence-corrected chi connectivity index (χ0v) is 14.0. The third-order valence-electron chi connectivity index (χ3n) is 4.15. The maximum Gasteiger partial charge on any atom is 0.363 e. The van der Waals surface area contributed by atoms with Crippen molar-refractivity contribution in [2.24, 2.45) is 4.99 Å². The predicted octanol–water partition coefficient (Wildman–Crippen LogP) is 3.88. The maximum absolute atomic E-state index is 12.1. The van der Waals surface area contributed by atoms with Crippen molar-refractivity contribution < 1.29 is 19.0 Å². The minimum Gasteiger partial charge on any atom is -0.454 e. The van der Waals surface area contributed by atoms with Crippen molar-refractivity contribution in [1.29, 1.82) is 0 Å². The van der Waals surface area contributed by atoms with Crippen molar-refractivity contribution in [3.8, 4) is 11.5 Å². The number of carbonyl (C=O) groups is 1. The predicted molar refractivity (Wildman–Crippen MR) is 93.7 cm³/mol. The number of cyclic esters (lactones) is 1. The van der Waals surface area contributed by atoms with Crippen molar-refractivity contribution in [3.05, 3.63) is 64.9 Å². The number of esters is 1. The van der Waals surface area contributed by atoms with Crippen LogP contribution in [-0.2, 0) is 9.53 Å². The molecule has 0 atom stereocenters. The molecule has 2 aliphatic rings. The molecule has 0 fully saturated rings. The number of rotatable bonds is 3. The summed E-state index contributed by atoms with van der Waals surface area (Å²) in [6.07, 6.45) is 1.73. The van der Waals surface area contributed by atoms with Crippen LogP contribution in [0.25, 0.3) is 6.08 Å². The smallest absolute Gasteiger partial charge is 0.363 e. The quantitative estimate of drug-likeness (QED) is 0.631. The molecule has 0 bridgehead atoms. The molecule has 0 amide bonds. The van der Waals surface area contributed by atoms with Gasteiger partial charge in [0.05, 0.1) is 0 Å². The molecule has 2 heterocycles. The summed E-state index contributed by atoms with van der Waals surface area (Å²) in [5.41, 5.74) is 3.12. The second-order valence-electron chi connectivity index (χ2n) is 6.23. The Hall–Kier alpha value is -3.08. The number of carbonyl (C=O) groups excluding carboxylic acids is 1. The van der Waals surface area contributed by atoms with Gasteiger partial charge in [-0.15, -0.1) is 0 Å². The number of benzene rings is 2. The van der Waals surface area contributed by atoms with Crippen LogP contribution in [-0.4, -0.2) is 18.7 Å². The lowest BCUT2D eigenvalue weighted by Crippen LogP contribution is -2.05. The first-order valence-electron chi connectivity index (χ1n) is 8.13. The minimum atomic E-state index is -0.458. The van der Waals surface area contributed by atoms with E-state index in [0.717, 1.165) is 5.56 Å². The Kier molecular flexibility index (Phi) is 3.76. The van der Waals surface area contributed by atoms with Crippen LogP contribution in [0, 0.1) is 0 Å². The average molecular weight is 335 g/mol. The van der Waals surface area contributed by atoms with E-state index in [1.165, 1.54) is 5.56 Å². The van der Waals surface area contributed by atoms with E-state index < -0.39 is 5.97 Å². The molecule has 2 aliphatic heterocycles. The van der Waals surface area contributed by atoms with Gasteiger partial charge in [-0.25, -0.2) is 9.79 Å². The molecule has 0 aromatic heterocycles. The standard InChI is InChI=1S/C20H17NO4/c1-12(2)14-5-3-13(4-6-14)9-16-20(22)25-19(21-16)15-7-8-17-18(10-15)24-11-23-17/h3-10,12H,11H2,1-2H3. The van der Waals surface area contributed by atoms with Gasteiger partial charge in [0.1, 0.15) is 0 Å². The van der Waals surface area contributed by atoms with E-state index in [9.17, 15) is 4.79 Å². The molecule has 5 heteroatoms. The zero-order valence-electron chi connectivity index (χ0n) is 14.0. The zero-order chi connectivity index (χ0) is 17.4. The molecule has 4 rings (SSSR count). The topological polar surface area (TPSA) is 57.1 Å². The molecule has 126 valence electrons. The number of fused-ring (bicyclic) bond motifs is 1. The lowest BCUT2D eigenvalue weighted by Gasteiger charge is -2.04. The minimum absolute atomic E-state index is 0.197. The van der Waals surface area contributed by atoms with Crippen molar-refractivity contribution in [3.63, 3.8) is 0 Å². The molecule has 0 saturated heterocycles. The molecular formula is C20H17NO4. The molecule has 5 nitrogen and oxygen atoms in total. The van der Waals surface area contributed by atoms with Gasteiger partial charge in [0.25, 0.3) is 0 Å². The van der Waals surface area contributed by atoms with Crippen LogP contribution in [0.5, 0.6) is 11.5 Å². The molecule has 0 radical (unpaired) electrons. The molecular weight excluding hydrogens is 318 g/mol. The Labute approximate surface area is 145 Å². The van der Waals surface area contributed by atoms with Gasteiger partial charge in [-0.2, -0.15) is 0 Å². The van der Waals surface area contributed by atoms with Gasteiger partial charge in [0, 0.05) is 5.56 Å². The van der Waals surface area contributed by atoms with E-state index in [4.69, 9.17) is 14.2 Å². The summed E-state index contributed by atoms with van der Waals surface area (Å²) in [7, 11) is 0. The Morgan fingerprint density at radius 3 is 2.56 bits per heavy atom. The third-order valence-corrected chi connectivity index (χ3v) is 4.15. The molecule has 0 saturated carbocycles. The van der Waals surface area contributed by atoms with Gasteiger partial charge in [-0.05, 0) is 41.3 Å². The molecule has 2 aromatic carbocycles. The molecule has 0 N–H and O–H groups in total. The Bertz CT molecular complexity index is 894. The first-order chi connectivity index (χ1) is 12.1. The van der Waals surface area contributed by atoms with Crippen LogP contribution in [0.4, 0.5) is 0 Å². The maximum atomic E-state index is 12.1. The fourth-order valence-electron chi connectivity index (χ4n) is 2.70. The summed E-state index contributed by atoms with van der Waals surface area (Å²) in [6.45, 7) is 4.48. The van der Waals surface area contributed by atoms with Crippen molar-refractivity contribution in [2.45, 2.75) is 19.8 Å². The van der Waals surface area contributed by atoms with Crippen LogP contribution in [0.1, 0.15) is 36.5 Å². The van der Waals surface area contributed by atoms with E-state index >= 15 is 0 Å². The highest BCUT2D eigenvalue weighted by molar-refractivity contribution is 6.13. The van der Waals surface area contributed by atoms with Crippen molar-refractivity contribution >= 4 is 17.9 Å². The lowest BCUT2D eigenvalue weighted by atomic mass is 10.0. The highest BCUT2D eigenvalue weighted by Gasteiger charge is 2.25. The number of hydrogen-bond acceptors (Lipinski definition) is 5. The van der Waals surface area contributed by atoms with E-state index in [-0.39, 0.29) is 18.4 Å². The largest absolute Gasteiger partial charge is 0.454 e. The summed E-state index contributed by atoms with van der Waals surface area (Å²) in [5, 5.41) is 0. The van der Waals surface area contributed by atoms with Crippen LogP contribution in [0.15, 0.2) is 53.2 Å². The third kappa shape index (κ3) is 3.01. The highest BCUT2D eigenvalue weighted by atomic mass is 16.7. The van der Waals surface area contributed by atoms with Crippen LogP contribution < -0.4 is 9.47 Å². The van der Waals surface area contributed by atoms with E-state index in [2.05, 4.69) is 31.0 Å². The first-order valence-corrected chi connectivity index (χ1v) is 8.13.